The van der Waals surface area contributed by atoms with Crippen LogP contribution in [0.2, 0.25) is 0 Å². The lowest BCUT2D eigenvalue weighted by atomic mass is 10.1. The molecular formula is C11H12ClNO5. The fraction of sp³-hybridized carbons (Fsp3) is 0.364. The van der Waals surface area contributed by atoms with E-state index in [-0.39, 0.29) is 12.1 Å². The molecule has 1 aromatic rings. The quantitative estimate of drug-likeness (QED) is 0.354. The highest BCUT2D eigenvalue weighted by atomic mass is 35.5. The van der Waals surface area contributed by atoms with Crippen LogP contribution in [-0.2, 0) is 16.0 Å². The lowest BCUT2D eigenvalue weighted by molar-refractivity contribution is -0.384. The number of carbonyl (C=O) groups excluding carboxylic acids is 1. The number of hydrogen-bond acceptors (Lipinski definition) is 5. The number of alkyl halides is 1. The van der Waals surface area contributed by atoms with Crippen LogP contribution in [-0.4, -0.2) is 30.5 Å². The largest absolute Gasteiger partial charge is 0.496 e. The first-order valence-electron chi connectivity index (χ1n) is 5.02. The Morgan fingerprint density at radius 3 is 2.67 bits per heavy atom. The summed E-state index contributed by atoms with van der Waals surface area (Å²) in [5.74, 6) is -0.152. The molecule has 0 N–H and O–H groups in total. The Morgan fingerprint density at radius 1 is 1.50 bits per heavy atom. The van der Waals surface area contributed by atoms with Crippen LogP contribution in [0.5, 0.6) is 5.75 Å². The third-order valence-corrected chi connectivity index (χ3v) is 2.66. The Kier molecular flexibility index (Phi) is 4.91. The molecule has 0 aromatic heterocycles. The van der Waals surface area contributed by atoms with Crippen LogP contribution >= 0.6 is 11.6 Å². The van der Waals surface area contributed by atoms with Gasteiger partial charge in [-0.25, -0.2) is 0 Å². The first-order chi connectivity index (χ1) is 8.49. The van der Waals surface area contributed by atoms with Crippen molar-refractivity contribution in [1.82, 2.24) is 0 Å². The zero-order chi connectivity index (χ0) is 13.7. The van der Waals surface area contributed by atoms with Gasteiger partial charge in [-0.2, -0.15) is 0 Å². The van der Waals surface area contributed by atoms with E-state index in [9.17, 15) is 14.9 Å². The third-order valence-electron chi connectivity index (χ3n) is 2.33. The Morgan fingerprint density at radius 2 is 2.17 bits per heavy atom. The number of carbonyl (C=O) groups is 1. The van der Waals surface area contributed by atoms with Gasteiger partial charge in [0.25, 0.3) is 5.69 Å². The maximum absolute atomic E-state index is 11.2. The summed E-state index contributed by atoms with van der Waals surface area (Å²) in [5.41, 5.74) is 0.400. The van der Waals surface area contributed by atoms with E-state index in [1.165, 1.54) is 32.4 Å². The van der Waals surface area contributed by atoms with Crippen LogP contribution < -0.4 is 4.74 Å². The number of hydrogen-bond donors (Lipinski definition) is 0. The van der Waals surface area contributed by atoms with Crippen molar-refractivity contribution in [3.05, 3.63) is 33.9 Å². The van der Waals surface area contributed by atoms with Gasteiger partial charge in [0.1, 0.15) is 11.1 Å². The minimum Gasteiger partial charge on any atom is -0.496 e. The second kappa shape index (κ2) is 6.20. The predicted molar refractivity (Wildman–Crippen MR) is 65.0 cm³/mol. The number of methoxy groups -OCH3 is 2. The van der Waals surface area contributed by atoms with E-state index in [0.717, 1.165) is 0 Å². The van der Waals surface area contributed by atoms with Gasteiger partial charge in [-0.3, -0.25) is 14.9 Å². The summed E-state index contributed by atoms with van der Waals surface area (Å²) in [5, 5.41) is 9.76. The van der Waals surface area contributed by atoms with Crippen molar-refractivity contribution in [3.8, 4) is 5.75 Å². The number of esters is 1. The summed E-state index contributed by atoms with van der Waals surface area (Å²) < 4.78 is 9.55. The van der Waals surface area contributed by atoms with Gasteiger partial charge in [-0.1, -0.05) is 0 Å². The fourth-order valence-electron chi connectivity index (χ4n) is 1.44. The molecule has 0 aliphatic heterocycles. The van der Waals surface area contributed by atoms with Crippen LogP contribution in [0.4, 0.5) is 5.69 Å². The maximum Gasteiger partial charge on any atom is 0.324 e. The van der Waals surface area contributed by atoms with Crippen molar-refractivity contribution in [1.29, 1.82) is 0 Å². The predicted octanol–water partition coefficient (Wildman–Crippen LogP) is 1.93. The minimum atomic E-state index is -0.911. The number of benzene rings is 1. The van der Waals surface area contributed by atoms with Crippen molar-refractivity contribution < 1.29 is 19.2 Å². The van der Waals surface area contributed by atoms with E-state index in [1.54, 1.807) is 0 Å². The molecule has 0 bridgehead atoms. The van der Waals surface area contributed by atoms with Crippen molar-refractivity contribution in [3.63, 3.8) is 0 Å². The van der Waals surface area contributed by atoms with Gasteiger partial charge in [0, 0.05) is 24.1 Å². The molecule has 0 aliphatic rings. The first-order valence-corrected chi connectivity index (χ1v) is 5.46. The molecule has 0 radical (unpaired) electrons. The smallest absolute Gasteiger partial charge is 0.324 e. The summed E-state index contributed by atoms with van der Waals surface area (Å²) >= 11 is 5.83. The van der Waals surface area contributed by atoms with Crippen LogP contribution in [0, 0.1) is 10.1 Å². The summed E-state index contributed by atoms with van der Waals surface area (Å²) in [6.45, 7) is 0. The van der Waals surface area contributed by atoms with Gasteiger partial charge in [0.2, 0.25) is 0 Å². The van der Waals surface area contributed by atoms with Crippen molar-refractivity contribution in [2.75, 3.05) is 14.2 Å². The molecule has 6 nitrogen and oxygen atoms in total. The zero-order valence-corrected chi connectivity index (χ0v) is 10.6. The number of halogens is 1. The highest BCUT2D eigenvalue weighted by Crippen LogP contribution is 2.26. The van der Waals surface area contributed by atoms with Crippen molar-refractivity contribution in [2.45, 2.75) is 11.8 Å². The summed E-state index contributed by atoms with van der Waals surface area (Å²) in [6.07, 6.45) is 0.0963. The topological polar surface area (TPSA) is 78.7 Å². The lowest BCUT2D eigenvalue weighted by Gasteiger charge is -2.10. The van der Waals surface area contributed by atoms with E-state index in [2.05, 4.69) is 4.74 Å². The minimum absolute atomic E-state index is 0.0838. The molecule has 0 amide bonds. The molecule has 1 unspecified atom stereocenters. The fourth-order valence-corrected chi connectivity index (χ4v) is 1.70. The normalized spacial score (nSPS) is 11.7. The van der Waals surface area contributed by atoms with Gasteiger partial charge >= 0.3 is 5.97 Å². The molecule has 7 heteroatoms. The zero-order valence-electron chi connectivity index (χ0n) is 9.88. The van der Waals surface area contributed by atoms with Crippen molar-refractivity contribution >= 4 is 23.3 Å². The molecule has 1 rings (SSSR count). The molecule has 98 valence electrons. The lowest BCUT2D eigenvalue weighted by Crippen LogP contribution is -2.19. The highest BCUT2D eigenvalue weighted by molar-refractivity contribution is 6.30. The molecule has 0 aliphatic carbocycles. The number of nitro benzene ring substituents is 1. The standard InChI is InChI=1S/C11H12ClNO5/c1-17-10-4-3-8(13(15)16)5-7(10)6-9(12)11(14)18-2/h3-5,9H,6H2,1-2H3. The summed E-state index contributed by atoms with van der Waals surface area (Å²) in [7, 11) is 2.66. The molecule has 1 aromatic carbocycles. The molecule has 0 spiro atoms. The van der Waals surface area contributed by atoms with E-state index in [1.807, 2.05) is 0 Å². The Balaban J connectivity index is 3.01. The molecular weight excluding hydrogens is 262 g/mol. The Bertz CT molecular complexity index is 463. The molecule has 18 heavy (non-hydrogen) atoms. The van der Waals surface area contributed by atoms with Gasteiger partial charge in [-0.15, -0.1) is 11.6 Å². The first kappa shape index (κ1) is 14.2. The Labute approximate surface area is 109 Å². The SMILES string of the molecule is COC(=O)C(Cl)Cc1cc([N+](=O)[O-])ccc1OC. The Hall–Kier alpha value is -1.82. The van der Waals surface area contributed by atoms with Gasteiger partial charge in [0.15, 0.2) is 0 Å². The number of nitro groups is 1. The van der Waals surface area contributed by atoms with E-state index < -0.39 is 16.3 Å². The highest BCUT2D eigenvalue weighted by Gasteiger charge is 2.20. The summed E-state index contributed by atoms with van der Waals surface area (Å²) in [4.78, 5) is 21.4. The van der Waals surface area contributed by atoms with Gasteiger partial charge in [0.05, 0.1) is 19.1 Å². The molecule has 0 fully saturated rings. The third kappa shape index (κ3) is 3.33. The second-order valence-corrected chi connectivity index (χ2v) is 3.97. The number of ether oxygens (including phenoxy) is 2. The van der Waals surface area contributed by atoms with E-state index >= 15 is 0 Å². The summed E-state index contributed by atoms with van der Waals surface area (Å²) in [6, 6.07) is 4.12. The average molecular weight is 274 g/mol. The van der Waals surface area contributed by atoms with E-state index in [4.69, 9.17) is 16.3 Å². The number of rotatable bonds is 5. The second-order valence-electron chi connectivity index (χ2n) is 3.45. The van der Waals surface area contributed by atoms with Crippen LogP contribution in [0.1, 0.15) is 5.56 Å². The van der Waals surface area contributed by atoms with E-state index in [0.29, 0.717) is 11.3 Å². The molecule has 0 heterocycles. The maximum atomic E-state index is 11.2. The van der Waals surface area contributed by atoms with Gasteiger partial charge in [-0.05, 0) is 6.07 Å². The van der Waals surface area contributed by atoms with Gasteiger partial charge < -0.3 is 9.47 Å². The van der Waals surface area contributed by atoms with Crippen LogP contribution in [0.15, 0.2) is 18.2 Å². The molecule has 0 saturated carbocycles. The molecule has 1 atom stereocenters. The average Bonchev–Trinajstić information content (AvgIpc) is 2.37. The number of non-ortho nitro benzene ring substituents is 1. The monoisotopic (exact) mass is 273 g/mol. The molecule has 0 saturated heterocycles. The number of nitrogens with zero attached hydrogens (tertiary/aromatic N) is 1. The van der Waals surface area contributed by atoms with Crippen molar-refractivity contribution in [2.24, 2.45) is 0 Å². The van der Waals surface area contributed by atoms with Crippen LogP contribution in [0.25, 0.3) is 0 Å². The van der Waals surface area contributed by atoms with Crippen LogP contribution in [0.3, 0.4) is 0 Å².